The van der Waals surface area contributed by atoms with E-state index in [9.17, 15) is 18.3 Å². The van der Waals surface area contributed by atoms with Gasteiger partial charge >= 0.3 is 6.18 Å². The van der Waals surface area contributed by atoms with Crippen LogP contribution in [-0.2, 0) is 18.7 Å². The Morgan fingerprint density at radius 2 is 1.10 bits per heavy atom. The largest absolute Gasteiger partial charge is 0.423 e. The lowest BCUT2D eigenvalue weighted by molar-refractivity contribution is -0.287. The second kappa shape index (κ2) is 8.80. The average Bonchev–Trinajstić information content (AvgIpc) is 2.73. The Bertz CT molecular complexity index is 843. The van der Waals surface area contributed by atoms with Gasteiger partial charge in [0, 0.05) is 19.1 Å². The number of hydrogen-bond donors (Lipinski definition) is 1. The minimum absolute atomic E-state index is 0.161. The summed E-state index contributed by atoms with van der Waals surface area (Å²) in [5, 5.41) is 11.0. The van der Waals surface area contributed by atoms with Crippen molar-refractivity contribution < 1.29 is 18.3 Å². The van der Waals surface area contributed by atoms with E-state index in [1.807, 2.05) is 60.7 Å². The van der Waals surface area contributed by atoms with Crippen molar-refractivity contribution in [3.8, 4) is 0 Å². The Balaban J connectivity index is 2.01. The molecule has 5 heteroatoms. The maximum Gasteiger partial charge on any atom is 0.423 e. The molecule has 29 heavy (non-hydrogen) atoms. The number of alkyl halides is 3. The molecule has 0 saturated carbocycles. The Hall–Kier alpha value is -2.63. The lowest BCUT2D eigenvalue weighted by Gasteiger charge is -2.42. The summed E-state index contributed by atoms with van der Waals surface area (Å²) in [6, 6.07) is 24.7. The van der Waals surface area contributed by atoms with Gasteiger partial charge < -0.3 is 5.11 Å². The third kappa shape index (κ3) is 4.69. The summed E-state index contributed by atoms with van der Waals surface area (Å²) in [5.74, 6) is 0. The minimum atomic E-state index is -4.83. The molecule has 152 valence electrons. The Kier molecular flexibility index (Phi) is 6.40. The van der Waals surface area contributed by atoms with Crippen molar-refractivity contribution in [3.63, 3.8) is 0 Å². The van der Waals surface area contributed by atoms with Crippen LogP contribution in [0.1, 0.15) is 23.6 Å². The second-order valence-corrected chi connectivity index (χ2v) is 7.18. The fourth-order valence-corrected chi connectivity index (χ4v) is 3.56. The highest BCUT2D eigenvalue weighted by Gasteiger charge is 2.59. The van der Waals surface area contributed by atoms with E-state index in [1.54, 1.807) is 11.0 Å². The predicted molar refractivity (Wildman–Crippen MR) is 108 cm³/mol. The van der Waals surface area contributed by atoms with Gasteiger partial charge in [-0.2, -0.15) is 13.2 Å². The van der Waals surface area contributed by atoms with Crippen LogP contribution >= 0.6 is 0 Å². The highest BCUT2D eigenvalue weighted by molar-refractivity contribution is 5.27. The van der Waals surface area contributed by atoms with Gasteiger partial charge in [0.05, 0.1) is 0 Å². The number of rotatable bonds is 7. The fourth-order valence-electron chi connectivity index (χ4n) is 3.56. The second-order valence-electron chi connectivity index (χ2n) is 7.18. The Labute approximate surface area is 169 Å². The molecular formula is C24H24F3NO. The Morgan fingerprint density at radius 3 is 1.48 bits per heavy atom. The molecular weight excluding hydrogens is 375 g/mol. The fraction of sp³-hybridized carbons (Fsp3) is 0.250. The van der Waals surface area contributed by atoms with E-state index in [0.29, 0.717) is 0 Å². The summed E-state index contributed by atoms with van der Waals surface area (Å²) in [6.45, 7) is 2.00. The van der Waals surface area contributed by atoms with Gasteiger partial charge in [-0.05, 0) is 23.6 Å². The molecule has 0 bridgehead atoms. The predicted octanol–water partition coefficient (Wildman–Crippen LogP) is 5.53. The van der Waals surface area contributed by atoms with Gasteiger partial charge in [0.1, 0.15) is 0 Å². The van der Waals surface area contributed by atoms with Crippen molar-refractivity contribution in [2.45, 2.75) is 37.8 Å². The first kappa shape index (κ1) is 21.1. The number of hydrogen-bond acceptors (Lipinski definition) is 2. The zero-order chi connectivity index (χ0) is 20.9. The number of nitrogens with zero attached hydrogens (tertiary/aromatic N) is 1. The quantitative estimate of drug-likeness (QED) is 0.565. The van der Waals surface area contributed by atoms with Crippen molar-refractivity contribution >= 4 is 0 Å². The molecule has 2 nitrogen and oxygen atoms in total. The molecule has 0 spiro atoms. The van der Waals surface area contributed by atoms with Crippen LogP contribution in [0.15, 0.2) is 91.0 Å². The molecule has 0 radical (unpaired) electrons. The zero-order valence-electron chi connectivity index (χ0n) is 16.2. The van der Waals surface area contributed by atoms with E-state index in [-0.39, 0.29) is 18.7 Å². The smallest absolute Gasteiger partial charge is 0.375 e. The molecule has 0 amide bonds. The van der Waals surface area contributed by atoms with Crippen LogP contribution in [0.3, 0.4) is 0 Å². The highest BCUT2D eigenvalue weighted by Crippen LogP contribution is 2.43. The van der Waals surface area contributed by atoms with Crippen LogP contribution in [0, 0.1) is 0 Å². The summed E-state index contributed by atoms with van der Waals surface area (Å²) in [4.78, 5) is 1.67. The van der Waals surface area contributed by atoms with Crippen molar-refractivity contribution in [2.24, 2.45) is 0 Å². The molecule has 2 atom stereocenters. The minimum Gasteiger partial charge on any atom is -0.375 e. The lowest BCUT2D eigenvalue weighted by atomic mass is 9.85. The normalized spacial score (nSPS) is 15.1. The monoisotopic (exact) mass is 399 g/mol. The van der Waals surface area contributed by atoms with E-state index >= 15 is 0 Å². The van der Waals surface area contributed by atoms with E-state index in [4.69, 9.17) is 0 Å². The van der Waals surface area contributed by atoms with Gasteiger partial charge in [0.2, 0.25) is 5.60 Å². The van der Waals surface area contributed by atoms with Crippen molar-refractivity contribution in [1.82, 2.24) is 4.90 Å². The Morgan fingerprint density at radius 1 is 0.724 bits per heavy atom. The molecule has 0 fully saturated rings. The van der Waals surface area contributed by atoms with Crippen molar-refractivity contribution in [2.75, 3.05) is 0 Å². The van der Waals surface area contributed by atoms with E-state index in [2.05, 4.69) is 0 Å². The van der Waals surface area contributed by atoms with Crippen molar-refractivity contribution in [3.05, 3.63) is 108 Å². The maximum absolute atomic E-state index is 14.2. The molecule has 3 aromatic carbocycles. The van der Waals surface area contributed by atoms with Gasteiger partial charge in [0.15, 0.2) is 0 Å². The van der Waals surface area contributed by atoms with E-state index < -0.39 is 17.8 Å². The molecule has 1 N–H and O–H groups in total. The number of benzene rings is 3. The first-order valence-electron chi connectivity index (χ1n) is 9.49. The van der Waals surface area contributed by atoms with Crippen LogP contribution in [-0.4, -0.2) is 22.2 Å². The van der Waals surface area contributed by atoms with Crippen LogP contribution in [0.2, 0.25) is 0 Å². The summed E-state index contributed by atoms with van der Waals surface area (Å²) < 4.78 is 42.6. The summed E-state index contributed by atoms with van der Waals surface area (Å²) >= 11 is 0. The van der Waals surface area contributed by atoms with Crippen LogP contribution in [0.25, 0.3) is 0 Å². The maximum atomic E-state index is 14.2. The standard InChI is InChI=1S/C24H24F3NO/c1-19(23(29,24(25,26)27)22-15-9-4-10-16-22)28(17-20-11-5-2-6-12-20)18-21-13-7-3-8-14-21/h2-16,19,29H,17-18H2,1H3/t19-,23+/m0/s1. The van der Waals surface area contributed by atoms with E-state index in [0.717, 1.165) is 11.1 Å². The van der Waals surface area contributed by atoms with Crippen LogP contribution in [0.4, 0.5) is 13.2 Å². The molecule has 0 aliphatic heterocycles. The van der Waals surface area contributed by atoms with Gasteiger partial charge in [-0.1, -0.05) is 91.0 Å². The highest BCUT2D eigenvalue weighted by atomic mass is 19.4. The van der Waals surface area contributed by atoms with Gasteiger partial charge in [0.25, 0.3) is 0 Å². The van der Waals surface area contributed by atoms with E-state index in [1.165, 1.54) is 31.2 Å². The first-order chi connectivity index (χ1) is 13.8. The number of aliphatic hydroxyl groups is 1. The molecule has 0 heterocycles. The lowest BCUT2D eigenvalue weighted by Crippen LogP contribution is -2.56. The summed E-state index contributed by atoms with van der Waals surface area (Å²) in [5.41, 5.74) is -1.40. The van der Waals surface area contributed by atoms with Gasteiger partial charge in [-0.3, -0.25) is 4.90 Å². The number of halogens is 3. The van der Waals surface area contributed by atoms with Gasteiger partial charge in [-0.25, -0.2) is 0 Å². The van der Waals surface area contributed by atoms with Crippen LogP contribution in [0.5, 0.6) is 0 Å². The molecule has 0 aliphatic rings. The third-order valence-corrected chi connectivity index (χ3v) is 5.26. The summed E-state index contributed by atoms with van der Waals surface area (Å²) in [7, 11) is 0. The zero-order valence-corrected chi connectivity index (χ0v) is 16.2. The molecule has 0 aliphatic carbocycles. The first-order valence-corrected chi connectivity index (χ1v) is 9.49. The summed E-state index contributed by atoms with van der Waals surface area (Å²) in [6.07, 6.45) is -4.83. The molecule has 0 unspecified atom stereocenters. The molecule has 0 aromatic heterocycles. The van der Waals surface area contributed by atoms with Crippen LogP contribution < -0.4 is 0 Å². The molecule has 3 rings (SSSR count). The third-order valence-electron chi connectivity index (χ3n) is 5.26. The van der Waals surface area contributed by atoms with Crippen molar-refractivity contribution in [1.29, 1.82) is 0 Å². The average molecular weight is 399 g/mol. The SMILES string of the molecule is C[C@H](N(Cc1ccccc1)Cc1ccccc1)[C@@](O)(c1ccccc1)C(F)(F)F. The van der Waals surface area contributed by atoms with Gasteiger partial charge in [-0.15, -0.1) is 0 Å². The molecule has 3 aromatic rings. The molecule has 0 saturated heterocycles. The topological polar surface area (TPSA) is 23.5 Å².